The highest BCUT2D eigenvalue weighted by Crippen LogP contribution is 2.16. The Kier molecular flexibility index (Phi) is 2.64. The predicted molar refractivity (Wildman–Crippen MR) is 56.6 cm³/mol. The van der Waals surface area contributed by atoms with Crippen LogP contribution in [-0.4, -0.2) is 16.1 Å². The molecule has 3 nitrogen and oxygen atoms in total. The van der Waals surface area contributed by atoms with Gasteiger partial charge >= 0.3 is 0 Å². The van der Waals surface area contributed by atoms with Gasteiger partial charge in [-0.2, -0.15) is 5.10 Å². The second-order valence-electron chi connectivity index (χ2n) is 2.92. The molecule has 1 aromatic heterocycles. The smallest absolute Gasteiger partial charge is 0.154 e. The molecule has 0 amide bonds. The molecule has 0 fully saturated rings. The Morgan fingerprint density at radius 1 is 1.47 bits per heavy atom. The Bertz CT molecular complexity index is 510. The molecule has 1 heterocycles. The molecule has 0 saturated carbocycles. The zero-order valence-corrected chi connectivity index (χ0v) is 9.11. The van der Waals surface area contributed by atoms with Crippen LogP contribution in [0.15, 0.2) is 35.1 Å². The lowest BCUT2D eigenvalue weighted by Crippen LogP contribution is -1.94. The van der Waals surface area contributed by atoms with Crippen LogP contribution in [0.25, 0.3) is 5.69 Å². The number of aromatic nitrogens is 2. The van der Waals surface area contributed by atoms with Crippen LogP contribution in [0, 0.1) is 5.82 Å². The zero-order chi connectivity index (χ0) is 10.8. The van der Waals surface area contributed by atoms with E-state index in [9.17, 15) is 9.18 Å². The van der Waals surface area contributed by atoms with E-state index in [0.29, 0.717) is 22.1 Å². The van der Waals surface area contributed by atoms with E-state index in [1.165, 1.54) is 23.0 Å². The molecular formula is C10H6BrFN2O. The number of benzene rings is 1. The van der Waals surface area contributed by atoms with Crippen molar-refractivity contribution < 1.29 is 9.18 Å². The summed E-state index contributed by atoms with van der Waals surface area (Å²) < 4.78 is 14.8. The quantitative estimate of drug-likeness (QED) is 0.785. The Morgan fingerprint density at radius 3 is 2.87 bits per heavy atom. The van der Waals surface area contributed by atoms with Gasteiger partial charge in [-0.1, -0.05) is 6.07 Å². The van der Waals surface area contributed by atoms with E-state index >= 15 is 0 Å². The van der Waals surface area contributed by atoms with Gasteiger partial charge in [-0.15, -0.1) is 0 Å². The number of hydrogen-bond donors (Lipinski definition) is 0. The Balaban J connectivity index is 2.49. The minimum Gasteiger partial charge on any atom is -0.298 e. The fourth-order valence-electron chi connectivity index (χ4n) is 1.20. The first-order chi connectivity index (χ1) is 7.20. The van der Waals surface area contributed by atoms with E-state index < -0.39 is 0 Å². The second-order valence-corrected chi connectivity index (χ2v) is 3.67. The number of rotatable bonds is 2. The van der Waals surface area contributed by atoms with E-state index in [4.69, 9.17) is 0 Å². The first kappa shape index (κ1) is 10.0. The van der Waals surface area contributed by atoms with Gasteiger partial charge in [-0.3, -0.25) is 4.79 Å². The molecule has 2 rings (SSSR count). The fraction of sp³-hybridized carbons (Fsp3) is 0. The lowest BCUT2D eigenvalue weighted by molar-refractivity contribution is 0.112. The molecule has 0 aliphatic carbocycles. The molecule has 0 aliphatic rings. The summed E-state index contributed by atoms with van der Waals surface area (Å²) >= 11 is 3.14. The van der Waals surface area contributed by atoms with E-state index in [2.05, 4.69) is 21.0 Å². The van der Waals surface area contributed by atoms with Gasteiger partial charge in [-0.25, -0.2) is 9.07 Å². The summed E-state index contributed by atoms with van der Waals surface area (Å²) in [6.45, 7) is 0. The molecule has 15 heavy (non-hydrogen) atoms. The number of carbonyl (C=O) groups is 1. The molecule has 0 saturated heterocycles. The van der Waals surface area contributed by atoms with Gasteiger partial charge in [0.2, 0.25) is 0 Å². The number of aldehydes is 1. The number of nitrogens with zero attached hydrogens (tertiary/aromatic N) is 2. The van der Waals surface area contributed by atoms with Crippen LogP contribution in [-0.2, 0) is 0 Å². The molecule has 2 aromatic rings. The number of halogens is 2. The molecule has 76 valence electrons. The molecular weight excluding hydrogens is 263 g/mol. The van der Waals surface area contributed by atoms with Gasteiger partial charge in [0.15, 0.2) is 6.29 Å². The first-order valence-electron chi connectivity index (χ1n) is 4.17. The molecule has 0 aliphatic heterocycles. The molecule has 1 aromatic carbocycles. The lowest BCUT2D eigenvalue weighted by Gasteiger charge is -1.99. The van der Waals surface area contributed by atoms with E-state index in [-0.39, 0.29) is 5.82 Å². The summed E-state index contributed by atoms with van der Waals surface area (Å²) in [6.07, 6.45) is 2.22. The van der Waals surface area contributed by atoms with Gasteiger partial charge in [-0.05, 0) is 34.1 Å². The standard InChI is InChI=1S/C10H6BrFN2O/c11-10-7(6-15)5-14(13-10)9-3-1-2-8(12)4-9/h1-6H. The van der Waals surface area contributed by atoms with Crippen molar-refractivity contribution in [1.29, 1.82) is 0 Å². The van der Waals surface area contributed by atoms with Crippen molar-refractivity contribution in [3.63, 3.8) is 0 Å². The molecule has 0 N–H and O–H groups in total. The van der Waals surface area contributed by atoms with Crippen LogP contribution >= 0.6 is 15.9 Å². The maximum Gasteiger partial charge on any atom is 0.154 e. The summed E-state index contributed by atoms with van der Waals surface area (Å²) in [6, 6.07) is 5.98. The van der Waals surface area contributed by atoms with Crippen molar-refractivity contribution >= 4 is 22.2 Å². The van der Waals surface area contributed by atoms with Crippen molar-refractivity contribution in [2.45, 2.75) is 0 Å². The maximum absolute atomic E-state index is 12.9. The lowest BCUT2D eigenvalue weighted by atomic mass is 10.3. The Labute approximate surface area is 93.7 Å². The van der Waals surface area contributed by atoms with E-state index in [1.54, 1.807) is 12.1 Å². The summed E-state index contributed by atoms with van der Waals surface area (Å²) in [5.41, 5.74) is 1.00. The highest BCUT2D eigenvalue weighted by molar-refractivity contribution is 9.10. The van der Waals surface area contributed by atoms with E-state index in [1.807, 2.05) is 0 Å². The summed E-state index contributed by atoms with van der Waals surface area (Å²) in [4.78, 5) is 10.6. The monoisotopic (exact) mass is 268 g/mol. The normalized spacial score (nSPS) is 10.3. The van der Waals surface area contributed by atoms with Crippen LogP contribution in [0.5, 0.6) is 0 Å². The third-order valence-corrected chi connectivity index (χ3v) is 2.51. The topological polar surface area (TPSA) is 34.9 Å². The van der Waals surface area contributed by atoms with Crippen LogP contribution in [0.4, 0.5) is 4.39 Å². The third kappa shape index (κ3) is 1.97. The van der Waals surface area contributed by atoms with E-state index in [0.717, 1.165) is 0 Å². The van der Waals surface area contributed by atoms with Crippen LogP contribution < -0.4 is 0 Å². The largest absolute Gasteiger partial charge is 0.298 e. The van der Waals surface area contributed by atoms with Crippen LogP contribution in [0.1, 0.15) is 10.4 Å². The molecule has 0 unspecified atom stereocenters. The minimum absolute atomic E-state index is 0.341. The molecule has 0 atom stereocenters. The van der Waals surface area contributed by atoms with Crippen molar-refractivity contribution in [3.05, 3.63) is 46.4 Å². The summed E-state index contributed by atoms with van der Waals surface area (Å²) in [5.74, 6) is -0.341. The predicted octanol–water partition coefficient (Wildman–Crippen LogP) is 2.59. The molecule has 0 radical (unpaired) electrons. The highest BCUT2D eigenvalue weighted by Gasteiger charge is 2.06. The van der Waals surface area contributed by atoms with Gasteiger partial charge < -0.3 is 0 Å². The van der Waals surface area contributed by atoms with Gasteiger partial charge in [0.25, 0.3) is 0 Å². The molecule has 5 heteroatoms. The van der Waals surface area contributed by atoms with Crippen molar-refractivity contribution in [2.24, 2.45) is 0 Å². The summed E-state index contributed by atoms with van der Waals surface area (Å²) in [7, 11) is 0. The molecule has 0 spiro atoms. The van der Waals surface area contributed by atoms with Crippen molar-refractivity contribution in [1.82, 2.24) is 9.78 Å². The maximum atomic E-state index is 12.9. The number of hydrogen-bond acceptors (Lipinski definition) is 2. The van der Waals surface area contributed by atoms with Crippen LogP contribution in [0.2, 0.25) is 0 Å². The van der Waals surface area contributed by atoms with Crippen LogP contribution in [0.3, 0.4) is 0 Å². The highest BCUT2D eigenvalue weighted by atomic mass is 79.9. The first-order valence-corrected chi connectivity index (χ1v) is 4.96. The Morgan fingerprint density at radius 2 is 2.27 bits per heavy atom. The fourth-order valence-corrected chi connectivity index (χ4v) is 1.56. The average Bonchev–Trinajstić information content (AvgIpc) is 2.60. The molecule has 0 bridgehead atoms. The van der Waals surface area contributed by atoms with Gasteiger partial charge in [0.1, 0.15) is 10.4 Å². The third-order valence-electron chi connectivity index (χ3n) is 1.89. The minimum atomic E-state index is -0.341. The van der Waals surface area contributed by atoms with Crippen molar-refractivity contribution in [3.8, 4) is 5.69 Å². The number of carbonyl (C=O) groups excluding carboxylic acids is 1. The zero-order valence-electron chi connectivity index (χ0n) is 7.52. The second kappa shape index (κ2) is 3.94. The Hall–Kier alpha value is -1.49. The van der Waals surface area contributed by atoms with Gasteiger partial charge in [0.05, 0.1) is 11.3 Å². The SMILES string of the molecule is O=Cc1cn(-c2cccc(F)c2)nc1Br. The average molecular weight is 269 g/mol. The summed E-state index contributed by atoms with van der Waals surface area (Å²) in [5, 5.41) is 4.03. The van der Waals surface area contributed by atoms with Gasteiger partial charge in [0, 0.05) is 6.20 Å². The van der Waals surface area contributed by atoms with Crippen molar-refractivity contribution in [2.75, 3.05) is 0 Å².